The summed E-state index contributed by atoms with van der Waals surface area (Å²) in [6.07, 6.45) is 2.07. The van der Waals surface area contributed by atoms with Gasteiger partial charge in [0.15, 0.2) is 0 Å². The van der Waals surface area contributed by atoms with Gasteiger partial charge in [0, 0.05) is 50.7 Å². The molecular weight excluding hydrogens is 497 g/mol. The van der Waals surface area contributed by atoms with Crippen LogP contribution in [-0.4, -0.2) is 37.8 Å². The number of piperidine rings is 1. The Morgan fingerprint density at radius 3 is 2.41 bits per heavy atom. The number of nitrogens with zero attached hydrogens (tertiary/aromatic N) is 4. The number of carbonyl (C=O) groups excluding carboxylic acids is 1. The van der Waals surface area contributed by atoms with Gasteiger partial charge in [0.25, 0.3) is 0 Å². The Morgan fingerprint density at radius 1 is 1.06 bits per heavy atom. The summed E-state index contributed by atoms with van der Waals surface area (Å²) in [6, 6.07) is 13.1. The van der Waals surface area contributed by atoms with Crippen LogP contribution in [0.4, 0.5) is 5.69 Å². The van der Waals surface area contributed by atoms with Gasteiger partial charge >= 0.3 is 6.01 Å². The predicted octanol–water partition coefficient (Wildman–Crippen LogP) is 4.80. The van der Waals surface area contributed by atoms with Crippen molar-refractivity contribution < 1.29 is 13.7 Å². The van der Waals surface area contributed by atoms with Crippen molar-refractivity contribution in [2.45, 2.75) is 44.6 Å². The molecule has 0 radical (unpaired) electrons. The molecule has 1 aliphatic rings. The van der Waals surface area contributed by atoms with E-state index in [9.17, 15) is 9.00 Å². The number of carbonyl (C=O) groups is 1. The minimum atomic E-state index is -1.49. The molecule has 34 heavy (non-hydrogen) atoms. The lowest BCUT2D eigenvalue weighted by atomic mass is 10.1. The number of ether oxygens (including phenoxy) is 1. The SMILES string of the molecule is CCc1nnc(Oc2cccc(N3CCC(=O)CC3)c2)n1CC.NS(=O)c1ccc(Cl)c(Cl)c1. The standard InChI is InChI=1S/C17H22N4O2.C6H5Cl2NOS/c1-3-16-18-19-17(21(16)4-2)23-15-7-5-6-13(12-15)20-10-8-14(22)9-11-20;7-5-2-1-4(11(9)10)3-6(5)8/h5-7,12H,3-4,8-11H2,1-2H3;1-3H,9H2. The number of rotatable bonds is 6. The van der Waals surface area contributed by atoms with Gasteiger partial charge in [-0.05, 0) is 37.3 Å². The number of hydrogen-bond acceptors (Lipinski definition) is 6. The van der Waals surface area contributed by atoms with Crippen LogP contribution in [-0.2, 0) is 28.7 Å². The van der Waals surface area contributed by atoms with Crippen molar-refractivity contribution in [3.63, 3.8) is 0 Å². The van der Waals surface area contributed by atoms with E-state index >= 15 is 0 Å². The Labute approximate surface area is 211 Å². The van der Waals surface area contributed by atoms with Crippen LogP contribution >= 0.6 is 23.2 Å². The van der Waals surface area contributed by atoms with Gasteiger partial charge in [0.2, 0.25) is 0 Å². The van der Waals surface area contributed by atoms with Crippen LogP contribution in [0.15, 0.2) is 47.4 Å². The summed E-state index contributed by atoms with van der Waals surface area (Å²) in [4.78, 5) is 14.1. The first-order chi connectivity index (χ1) is 16.3. The molecule has 1 atom stereocenters. The number of halogens is 2. The maximum atomic E-state index is 11.4. The summed E-state index contributed by atoms with van der Waals surface area (Å²) in [5, 5.41) is 14.2. The fourth-order valence-electron chi connectivity index (χ4n) is 3.44. The summed E-state index contributed by atoms with van der Waals surface area (Å²) in [7, 11) is -1.49. The maximum Gasteiger partial charge on any atom is 0.322 e. The van der Waals surface area contributed by atoms with Crippen LogP contribution in [0.3, 0.4) is 0 Å². The molecule has 11 heteroatoms. The molecule has 0 amide bonds. The number of nitrogens with two attached hydrogens (primary N) is 1. The average Bonchev–Trinajstić information content (AvgIpc) is 3.23. The lowest BCUT2D eigenvalue weighted by molar-refractivity contribution is -0.119. The van der Waals surface area contributed by atoms with E-state index in [1.165, 1.54) is 6.07 Å². The van der Waals surface area contributed by atoms with Crippen molar-refractivity contribution in [2.24, 2.45) is 5.14 Å². The molecule has 2 heterocycles. The zero-order chi connectivity index (χ0) is 24.7. The Hall–Kier alpha value is -2.46. The molecule has 182 valence electrons. The van der Waals surface area contributed by atoms with Gasteiger partial charge in [-0.15, -0.1) is 5.10 Å². The van der Waals surface area contributed by atoms with Crippen molar-refractivity contribution in [1.29, 1.82) is 0 Å². The second kappa shape index (κ2) is 12.3. The molecule has 8 nitrogen and oxygen atoms in total. The van der Waals surface area contributed by atoms with E-state index in [1.54, 1.807) is 12.1 Å². The van der Waals surface area contributed by atoms with E-state index < -0.39 is 11.0 Å². The normalized spacial score (nSPS) is 14.4. The predicted molar refractivity (Wildman–Crippen MR) is 135 cm³/mol. The highest BCUT2D eigenvalue weighted by atomic mass is 35.5. The smallest absolute Gasteiger partial charge is 0.322 e. The average molecular weight is 524 g/mol. The number of anilines is 1. The summed E-state index contributed by atoms with van der Waals surface area (Å²) in [5.41, 5.74) is 1.08. The second-order valence-corrected chi connectivity index (χ2v) is 9.38. The number of benzene rings is 2. The van der Waals surface area contributed by atoms with Crippen molar-refractivity contribution in [1.82, 2.24) is 14.8 Å². The Morgan fingerprint density at radius 2 is 1.79 bits per heavy atom. The van der Waals surface area contributed by atoms with Crippen LogP contribution in [0.25, 0.3) is 0 Å². The van der Waals surface area contributed by atoms with E-state index in [0.29, 0.717) is 39.6 Å². The molecule has 1 aliphatic heterocycles. The lowest BCUT2D eigenvalue weighted by Crippen LogP contribution is -2.33. The lowest BCUT2D eigenvalue weighted by Gasteiger charge is -2.28. The van der Waals surface area contributed by atoms with Crippen LogP contribution < -0.4 is 14.8 Å². The molecule has 0 saturated carbocycles. The maximum absolute atomic E-state index is 11.4. The molecule has 3 aromatic rings. The van der Waals surface area contributed by atoms with Gasteiger partial charge in [-0.3, -0.25) is 9.36 Å². The molecule has 1 saturated heterocycles. The van der Waals surface area contributed by atoms with E-state index in [-0.39, 0.29) is 0 Å². The van der Waals surface area contributed by atoms with Gasteiger partial charge < -0.3 is 9.64 Å². The fourth-order valence-corrected chi connectivity index (χ4v) is 4.24. The summed E-state index contributed by atoms with van der Waals surface area (Å²) >= 11 is 11.2. The zero-order valence-corrected chi connectivity index (χ0v) is 21.4. The topological polar surface area (TPSA) is 103 Å². The van der Waals surface area contributed by atoms with Crippen LogP contribution in [0, 0.1) is 0 Å². The van der Waals surface area contributed by atoms with Crippen LogP contribution in [0.1, 0.15) is 32.5 Å². The van der Waals surface area contributed by atoms with E-state index in [4.69, 9.17) is 33.1 Å². The van der Waals surface area contributed by atoms with Crippen LogP contribution in [0.5, 0.6) is 11.8 Å². The van der Waals surface area contributed by atoms with Crippen molar-refractivity contribution in [3.8, 4) is 11.8 Å². The number of aryl methyl sites for hydroxylation is 1. The molecule has 0 aliphatic carbocycles. The Balaban J connectivity index is 0.000000248. The third kappa shape index (κ3) is 6.79. The highest BCUT2D eigenvalue weighted by Gasteiger charge is 2.17. The van der Waals surface area contributed by atoms with E-state index in [1.807, 2.05) is 28.8 Å². The highest BCUT2D eigenvalue weighted by molar-refractivity contribution is 7.82. The molecule has 2 N–H and O–H groups in total. The largest absolute Gasteiger partial charge is 0.424 e. The molecular formula is C23H27Cl2N5O3S. The third-order valence-electron chi connectivity index (χ3n) is 5.26. The number of aromatic nitrogens is 3. The monoisotopic (exact) mass is 523 g/mol. The van der Waals surface area contributed by atoms with Gasteiger partial charge in [0.1, 0.15) is 28.3 Å². The van der Waals surface area contributed by atoms with Gasteiger partial charge in [-0.25, -0.2) is 9.35 Å². The number of Topliss-reactive ketones (excluding diaryl/α,β-unsaturated/α-hetero) is 1. The molecule has 1 aromatic heterocycles. The number of hydrogen-bond donors (Lipinski definition) is 1. The first-order valence-corrected chi connectivity index (χ1v) is 12.9. The van der Waals surface area contributed by atoms with Gasteiger partial charge in [-0.2, -0.15) is 0 Å². The molecule has 1 fully saturated rings. The molecule has 0 spiro atoms. The molecule has 4 rings (SSSR count). The van der Waals surface area contributed by atoms with Crippen LogP contribution in [0.2, 0.25) is 10.0 Å². The van der Waals surface area contributed by atoms with Gasteiger partial charge in [-0.1, -0.05) is 41.3 Å². The van der Waals surface area contributed by atoms with Crippen molar-refractivity contribution in [2.75, 3.05) is 18.0 Å². The molecule has 0 bridgehead atoms. The first-order valence-electron chi connectivity index (χ1n) is 10.9. The minimum absolute atomic E-state index is 0.344. The first kappa shape index (κ1) is 26.2. The molecule has 1 unspecified atom stereocenters. The van der Waals surface area contributed by atoms with E-state index in [2.05, 4.69) is 28.9 Å². The second-order valence-electron chi connectivity index (χ2n) is 7.50. The quantitative estimate of drug-likeness (QED) is 0.497. The highest BCUT2D eigenvalue weighted by Crippen LogP contribution is 2.27. The summed E-state index contributed by atoms with van der Waals surface area (Å²) < 4.78 is 18.6. The molecule has 2 aromatic carbocycles. The Bertz CT molecular complexity index is 1160. The van der Waals surface area contributed by atoms with Crippen molar-refractivity contribution >= 4 is 45.7 Å². The van der Waals surface area contributed by atoms with Crippen molar-refractivity contribution in [3.05, 3.63) is 58.3 Å². The van der Waals surface area contributed by atoms with Gasteiger partial charge in [0.05, 0.1) is 14.9 Å². The van der Waals surface area contributed by atoms with E-state index in [0.717, 1.165) is 43.3 Å². The zero-order valence-electron chi connectivity index (χ0n) is 19.0. The minimum Gasteiger partial charge on any atom is -0.424 e. The summed E-state index contributed by atoms with van der Waals surface area (Å²) in [5.74, 6) is 2.01. The fraction of sp³-hybridized carbons (Fsp3) is 0.348. The Kier molecular flexibility index (Phi) is 9.46. The summed E-state index contributed by atoms with van der Waals surface area (Å²) in [6.45, 7) is 6.43. The number of ketones is 1. The third-order valence-corrected chi connectivity index (χ3v) is 6.72.